The lowest BCUT2D eigenvalue weighted by Gasteiger charge is -2.23. The number of nitrogens with one attached hydrogen (secondary N) is 1. The van der Waals surface area contributed by atoms with E-state index in [1.807, 2.05) is 12.1 Å². The summed E-state index contributed by atoms with van der Waals surface area (Å²) in [5.41, 5.74) is 1.39. The zero-order chi connectivity index (χ0) is 17.2. The van der Waals surface area contributed by atoms with Crippen LogP contribution in [0.3, 0.4) is 0 Å². The van der Waals surface area contributed by atoms with Gasteiger partial charge in [0.1, 0.15) is 0 Å². The monoisotopic (exact) mass is 345 g/mol. The van der Waals surface area contributed by atoms with E-state index in [2.05, 4.69) is 9.71 Å². The van der Waals surface area contributed by atoms with Crippen LogP contribution < -0.4 is 4.72 Å². The Morgan fingerprint density at radius 2 is 1.96 bits per heavy atom. The van der Waals surface area contributed by atoms with Crippen molar-refractivity contribution in [2.45, 2.75) is 30.3 Å². The van der Waals surface area contributed by atoms with Gasteiger partial charge >= 0.3 is 0 Å². The van der Waals surface area contributed by atoms with Crippen molar-refractivity contribution in [3.8, 4) is 0 Å². The van der Waals surface area contributed by atoms with Gasteiger partial charge in [0.15, 0.2) is 0 Å². The van der Waals surface area contributed by atoms with Gasteiger partial charge < -0.3 is 4.90 Å². The Morgan fingerprint density at radius 1 is 1.25 bits per heavy atom. The molecule has 1 aliphatic rings. The van der Waals surface area contributed by atoms with Gasteiger partial charge in [0.05, 0.1) is 4.90 Å². The molecule has 0 spiro atoms. The van der Waals surface area contributed by atoms with Gasteiger partial charge in [-0.15, -0.1) is 0 Å². The Kier molecular flexibility index (Phi) is 4.64. The van der Waals surface area contributed by atoms with Crippen molar-refractivity contribution >= 4 is 15.9 Å². The van der Waals surface area contributed by atoms with E-state index >= 15 is 0 Å². The molecule has 1 saturated carbocycles. The average molecular weight is 345 g/mol. The van der Waals surface area contributed by atoms with Gasteiger partial charge in [0.2, 0.25) is 10.0 Å². The number of carbonyl (C=O) groups excluding carboxylic acids is 1. The number of nitrogens with zero attached hydrogens (tertiary/aromatic N) is 2. The summed E-state index contributed by atoms with van der Waals surface area (Å²) in [7, 11) is -2.22. The largest absolute Gasteiger partial charge is 0.331 e. The minimum Gasteiger partial charge on any atom is -0.331 e. The third-order valence-corrected chi connectivity index (χ3v) is 5.42. The fraction of sp³-hybridized carbons (Fsp3) is 0.294. The Morgan fingerprint density at radius 3 is 2.58 bits per heavy atom. The Balaban J connectivity index is 1.87. The van der Waals surface area contributed by atoms with Crippen molar-refractivity contribution in [1.82, 2.24) is 14.6 Å². The highest BCUT2D eigenvalue weighted by atomic mass is 32.2. The van der Waals surface area contributed by atoms with Gasteiger partial charge in [-0.05, 0) is 55.8 Å². The number of amides is 1. The molecule has 6 nitrogen and oxygen atoms in total. The van der Waals surface area contributed by atoms with E-state index in [4.69, 9.17) is 0 Å². The number of aromatic nitrogens is 1. The summed E-state index contributed by atoms with van der Waals surface area (Å²) in [4.78, 5) is 18.8. The number of hydrogen-bond donors (Lipinski definition) is 1. The first kappa shape index (κ1) is 16.6. The second-order valence-corrected chi connectivity index (χ2v) is 7.64. The molecule has 0 atom stereocenters. The van der Waals surface area contributed by atoms with Crippen LogP contribution in [0, 0.1) is 0 Å². The van der Waals surface area contributed by atoms with Crippen molar-refractivity contribution < 1.29 is 13.2 Å². The molecule has 1 heterocycles. The summed E-state index contributed by atoms with van der Waals surface area (Å²) in [6.45, 7) is 0.495. The van der Waals surface area contributed by atoms with Gasteiger partial charge in [-0.25, -0.2) is 13.1 Å². The van der Waals surface area contributed by atoms with Crippen molar-refractivity contribution in [3.63, 3.8) is 0 Å². The molecule has 1 aliphatic carbocycles. The van der Waals surface area contributed by atoms with E-state index in [0.717, 1.165) is 18.4 Å². The maximum absolute atomic E-state index is 12.9. The van der Waals surface area contributed by atoms with Crippen LogP contribution in [0.1, 0.15) is 28.8 Å². The third kappa shape index (κ3) is 3.63. The van der Waals surface area contributed by atoms with E-state index in [0.29, 0.717) is 12.1 Å². The molecule has 126 valence electrons. The maximum atomic E-state index is 12.9. The Labute approximate surface area is 141 Å². The molecule has 3 rings (SSSR count). The molecule has 1 aromatic heterocycles. The first-order valence-corrected chi connectivity index (χ1v) is 9.23. The summed E-state index contributed by atoms with van der Waals surface area (Å²) in [5, 5.41) is 0. The van der Waals surface area contributed by atoms with Gasteiger partial charge in [-0.1, -0.05) is 6.07 Å². The molecule has 2 aromatic rings. The van der Waals surface area contributed by atoms with E-state index in [9.17, 15) is 13.2 Å². The number of carbonyl (C=O) groups is 1. The lowest BCUT2D eigenvalue weighted by Crippen LogP contribution is -2.32. The van der Waals surface area contributed by atoms with Gasteiger partial charge in [0.25, 0.3) is 5.91 Å². The predicted octanol–water partition coefficient (Wildman–Crippen LogP) is 1.79. The summed E-state index contributed by atoms with van der Waals surface area (Å²) in [6, 6.07) is 10.1. The molecule has 0 unspecified atom stereocenters. The van der Waals surface area contributed by atoms with Crippen LogP contribution in [0.5, 0.6) is 0 Å². The SMILES string of the molecule is CNS(=O)(=O)c1cccc(C(=O)N(Cc2ccncc2)C2CC2)c1. The molecule has 1 N–H and O–H groups in total. The highest BCUT2D eigenvalue weighted by Gasteiger charge is 2.33. The lowest BCUT2D eigenvalue weighted by atomic mass is 10.1. The van der Waals surface area contributed by atoms with Crippen molar-refractivity contribution in [2.75, 3.05) is 7.05 Å². The second kappa shape index (κ2) is 6.70. The number of pyridine rings is 1. The third-order valence-electron chi connectivity index (χ3n) is 4.01. The van der Waals surface area contributed by atoms with E-state index in [1.54, 1.807) is 29.4 Å². The maximum Gasteiger partial charge on any atom is 0.254 e. The average Bonchev–Trinajstić information content (AvgIpc) is 3.45. The molecule has 0 bridgehead atoms. The topological polar surface area (TPSA) is 79.4 Å². The predicted molar refractivity (Wildman–Crippen MR) is 89.8 cm³/mol. The quantitative estimate of drug-likeness (QED) is 0.866. The fourth-order valence-electron chi connectivity index (χ4n) is 2.52. The van der Waals surface area contributed by atoms with Crippen molar-refractivity contribution in [2.24, 2.45) is 0 Å². The molecule has 1 amide bonds. The van der Waals surface area contributed by atoms with E-state index < -0.39 is 10.0 Å². The first-order chi connectivity index (χ1) is 11.5. The number of sulfonamides is 1. The summed E-state index contributed by atoms with van der Waals surface area (Å²) in [5.74, 6) is -0.150. The van der Waals surface area contributed by atoms with Gasteiger partial charge in [-0.3, -0.25) is 9.78 Å². The summed E-state index contributed by atoms with van der Waals surface area (Å²) >= 11 is 0. The van der Waals surface area contributed by atoms with Crippen LogP contribution in [0.2, 0.25) is 0 Å². The molecule has 0 saturated heterocycles. The van der Waals surface area contributed by atoms with Crippen LogP contribution in [0.25, 0.3) is 0 Å². The molecular weight excluding hydrogens is 326 g/mol. The number of hydrogen-bond acceptors (Lipinski definition) is 4. The second-order valence-electron chi connectivity index (χ2n) is 5.76. The molecule has 1 aromatic carbocycles. The van der Waals surface area contributed by atoms with E-state index in [1.165, 1.54) is 19.2 Å². The zero-order valence-corrected chi connectivity index (χ0v) is 14.2. The van der Waals surface area contributed by atoms with Crippen LogP contribution in [-0.4, -0.2) is 37.3 Å². The Bertz CT molecular complexity index is 833. The minimum atomic E-state index is -3.57. The molecule has 7 heteroatoms. The molecule has 0 aliphatic heterocycles. The van der Waals surface area contributed by atoms with Crippen LogP contribution in [0.4, 0.5) is 0 Å². The first-order valence-electron chi connectivity index (χ1n) is 7.75. The number of benzene rings is 1. The number of rotatable bonds is 6. The van der Waals surface area contributed by atoms with Crippen LogP contribution >= 0.6 is 0 Å². The summed E-state index contributed by atoms with van der Waals surface area (Å²) < 4.78 is 26.1. The van der Waals surface area contributed by atoms with Crippen molar-refractivity contribution in [1.29, 1.82) is 0 Å². The molecule has 1 fully saturated rings. The smallest absolute Gasteiger partial charge is 0.254 e. The van der Waals surface area contributed by atoms with Crippen molar-refractivity contribution in [3.05, 3.63) is 59.9 Å². The fourth-order valence-corrected chi connectivity index (χ4v) is 3.29. The molecule has 0 radical (unpaired) electrons. The molecule has 24 heavy (non-hydrogen) atoms. The normalized spacial score (nSPS) is 14.4. The highest BCUT2D eigenvalue weighted by molar-refractivity contribution is 7.89. The van der Waals surface area contributed by atoms with Crippen LogP contribution in [-0.2, 0) is 16.6 Å². The zero-order valence-electron chi connectivity index (χ0n) is 13.3. The summed E-state index contributed by atoms with van der Waals surface area (Å²) in [6.07, 6.45) is 5.35. The van der Waals surface area contributed by atoms with Gasteiger partial charge in [-0.2, -0.15) is 0 Å². The highest BCUT2D eigenvalue weighted by Crippen LogP contribution is 2.30. The standard InChI is InChI=1S/C17H19N3O3S/c1-18-24(22,23)16-4-2-3-14(11-16)17(21)20(15-5-6-15)12-13-7-9-19-10-8-13/h2-4,7-11,15,18H,5-6,12H2,1H3. The Hall–Kier alpha value is -2.25. The molecular formula is C17H19N3O3S. The lowest BCUT2D eigenvalue weighted by molar-refractivity contribution is 0.0729. The minimum absolute atomic E-state index is 0.0931. The van der Waals surface area contributed by atoms with E-state index in [-0.39, 0.29) is 16.8 Å². The van der Waals surface area contributed by atoms with Gasteiger partial charge in [0, 0.05) is 30.5 Å². The van der Waals surface area contributed by atoms with Crippen LogP contribution in [0.15, 0.2) is 53.7 Å².